The van der Waals surface area contributed by atoms with Crippen LogP contribution >= 0.6 is 15.9 Å². The molecule has 0 bridgehead atoms. The van der Waals surface area contributed by atoms with Gasteiger partial charge in [-0.15, -0.1) is 0 Å². The molecule has 0 atom stereocenters. The van der Waals surface area contributed by atoms with E-state index >= 15 is 0 Å². The Kier molecular flexibility index (Phi) is 3.23. The van der Waals surface area contributed by atoms with Gasteiger partial charge < -0.3 is 0 Å². The van der Waals surface area contributed by atoms with Gasteiger partial charge in [-0.25, -0.2) is 21.9 Å². The van der Waals surface area contributed by atoms with Gasteiger partial charge in [-0.3, -0.25) is 0 Å². The van der Waals surface area contributed by atoms with Crippen LogP contribution in [-0.2, 0) is 10.0 Å². The van der Waals surface area contributed by atoms with Crippen LogP contribution < -0.4 is 4.72 Å². The molecule has 1 rings (SSSR count). The van der Waals surface area contributed by atoms with E-state index in [0.29, 0.717) is 6.07 Å². The molecule has 0 aliphatic heterocycles. The maximum Gasteiger partial charge on any atom is 0.244 e. The standard InChI is InChI=1S/C7H6BrF2NO2S/c1-11-14(12,13)7-5(8)2-4(9)3-6(7)10/h2-3,11H,1H3. The predicted molar refractivity (Wildman–Crippen MR) is 50.3 cm³/mol. The molecule has 0 aromatic heterocycles. The van der Waals surface area contributed by atoms with Crippen molar-refractivity contribution in [2.75, 3.05) is 7.05 Å². The van der Waals surface area contributed by atoms with Gasteiger partial charge in [0, 0.05) is 10.5 Å². The number of hydrogen-bond donors (Lipinski definition) is 1. The van der Waals surface area contributed by atoms with Gasteiger partial charge in [-0.05, 0) is 29.0 Å². The molecule has 78 valence electrons. The highest BCUT2D eigenvalue weighted by Crippen LogP contribution is 2.25. The Hall–Kier alpha value is -0.530. The largest absolute Gasteiger partial charge is 0.244 e. The number of sulfonamides is 1. The van der Waals surface area contributed by atoms with Crippen molar-refractivity contribution in [2.24, 2.45) is 0 Å². The van der Waals surface area contributed by atoms with Crippen LogP contribution in [0.2, 0.25) is 0 Å². The van der Waals surface area contributed by atoms with E-state index in [9.17, 15) is 17.2 Å². The van der Waals surface area contributed by atoms with Crippen LogP contribution in [0.25, 0.3) is 0 Å². The van der Waals surface area contributed by atoms with Gasteiger partial charge in [0.1, 0.15) is 16.5 Å². The molecule has 1 aromatic carbocycles. The number of rotatable bonds is 2. The van der Waals surface area contributed by atoms with Crippen LogP contribution in [0.4, 0.5) is 8.78 Å². The molecule has 0 spiro atoms. The van der Waals surface area contributed by atoms with E-state index in [-0.39, 0.29) is 4.47 Å². The molecule has 0 aliphatic carbocycles. The summed E-state index contributed by atoms with van der Waals surface area (Å²) >= 11 is 2.78. The second kappa shape index (κ2) is 3.92. The lowest BCUT2D eigenvalue weighted by atomic mass is 10.3. The van der Waals surface area contributed by atoms with Crippen molar-refractivity contribution in [3.05, 3.63) is 28.2 Å². The van der Waals surface area contributed by atoms with Crippen LogP contribution in [0.3, 0.4) is 0 Å². The Balaban J connectivity index is 3.51. The van der Waals surface area contributed by atoms with Crippen LogP contribution in [0.15, 0.2) is 21.5 Å². The molecule has 7 heteroatoms. The van der Waals surface area contributed by atoms with E-state index in [4.69, 9.17) is 0 Å². The molecule has 0 amide bonds. The fourth-order valence-corrected chi connectivity index (χ4v) is 2.77. The smallest absolute Gasteiger partial charge is 0.214 e. The Morgan fingerprint density at radius 2 is 1.93 bits per heavy atom. The molecule has 0 unspecified atom stereocenters. The fourth-order valence-electron chi connectivity index (χ4n) is 0.888. The number of benzene rings is 1. The summed E-state index contributed by atoms with van der Waals surface area (Å²) in [4.78, 5) is -0.596. The molecule has 0 heterocycles. The van der Waals surface area contributed by atoms with Crippen LogP contribution in [0, 0.1) is 11.6 Å². The first-order valence-corrected chi connectivity index (χ1v) is 5.74. The molecule has 0 saturated carbocycles. The molecule has 1 aromatic rings. The lowest BCUT2D eigenvalue weighted by Crippen LogP contribution is -2.20. The third-order valence-electron chi connectivity index (χ3n) is 1.50. The summed E-state index contributed by atoms with van der Waals surface area (Å²) in [5.74, 6) is -1.98. The van der Waals surface area contributed by atoms with E-state index in [1.54, 1.807) is 0 Å². The normalized spacial score (nSPS) is 11.7. The Morgan fingerprint density at radius 3 is 2.36 bits per heavy atom. The molecule has 0 saturated heterocycles. The third kappa shape index (κ3) is 2.10. The summed E-state index contributed by atoms with van der Waals surface area (Å²) in [7, 11) is -2.77. The summed E-state index contributed by atoms with van der Waals surface area (Å²) in [6.45, 7) is 0. The minimum absolute atomic E-state index is 0.149. The monoisotopic (exact) mass is 285 g/mol. The third-order valence-corrected chi connectivity index (χ3v) is 3.88. The van der Waals surface area contributed by atoms with Crippen molar-refractivity contribution < 1.29 is 17.2 Å². The number of nitrogens with one attached hydrogen (secondary N) is 1. The maximum absolute atomic E-state index is 13.1. The SMILES string of the molecule is CNS(=O)(=O)c1c(F)cc(F)cc1Br. The molecular formula is C7H6BrF2NO2S. The van der Waals surface area contributed by atoms with Gasteiger partial charge >= 0.3 is 0 Å². The first-order valence-electron chi connectivity index (χ1n) is 3.46. The van der Waals surface area contributed by atoms with Gasteiger partial charge in [-0.1, -0.05) is 0 Å². The quantitative estimate of drug-likeness (QED) is 0.898. The average molecular weight is 286 g/mol. The van der Waals surface area contributed by atoms with Crippen LogP contribution in [0.5, 0.6) is 0 Å². The molecule has 0 aliphatic rings. The van der Waals surface area contributed by atoms with Crippen LogP contribution in [0.1, 0.15) is 0 Å². The van der Waals surface area contributed by atoms with Gasteiger partial charge in [0.25, 0.3) is 0 Å². The van der Waals surface area contributed by atoms with Crippen molar-refractivity contribution in [3.8, 4) is 0 Å². The summed E-state index contributed by atoms with van der Waals surface area (Å²) in [6, 6.07) is 1.39. The Labute approximate surface area is 88.3 Å². The van der Waals surface area contributed by atoms with Crippen molar-refractivity contribution in [1.29, 1.82) is 0 Å². The predicted octanol–water partition coefficient (Wildman–Crippen LogP) is 1.64. The lowest BCUT2D eigenvalue weighted by Gasteiger charge is -2.06. The van der Waals surface area contributed by atoms with Gasteiger partial charge in [0.05, 0.1) is 0 Å². The second-order valence-corrected chi connectivity index (χ2v) is 5.08. The zero-order chi connectivity index (χ0) is 10.9. The first kappa shape index (κ1) is 11.5. The minimum atomic E-state index is -3.91. The molecule has 14 heavy (non-hydrogen) atoms. The van der Waals surface area contributed by atoms with Crippen molar-refractivity contribution >= 4 is 26.0 Å². The number of halogens is 3. The van der Waals surface area contributed by atoms with Crippen LogP contribution in [-0.4, -0.2) is 15.5 Å². The van der Waals surface area contributed by atoms with E-state index < -0.39 is 26.6 Å². The summed E-state index contributed by atoms with van der Waals surface area (Å²) in [5, 5.41) is 0. The summed E-state index contributed by atoms with van der Waals surface area (Å²) in [5.41, 5.74) is 0. The van der Waals surface area contributed by atoms with Crippen molar-refractivity contribution in [1.82, 2.24) is 4.72 Å². The average Bonchev–Trinajstić information content (AvgIpc) is 2.01. The van der Waals surface area contributed by atoms with Crippen molar-refractivity contribution in [2.45, 2.75) is 4.90 Å². The molecule has 0 fully saturated rings. The summed E-state index contributed by atoms with van der Waals surface area (Å²) < 4.78 is 50.0. The molecule has 3 nitrogen and oxygen atoms in total. The Morgan fingerprint density at radius 1 is 1.36 bits per heavy atom. The zero-order valence-corrected chi connectivity index (χ0v) is 9.42. The van der Waals surface area contributed by atoms with Crippen molar-refractivity contribution in [3.63, 3.8) is 0 Å². The maximum atomic E-state index is 13.1. The highest BCUT2D eigenvalue weighted by Gasteiger charge is 2.21. The first-order chi connectivity index (χ1) is 6.38. The summed E-state index contributed by atoms with van der Waals surface area (Å²) in [6.07, 6.45) is 0. The highest BCUT2D eigenvalue weighted by atomic mass is 79.9. The number of hydrogen-bond acceptors (Lipinski definition) is 2. The van der Waals surface area contributed by atoms with E-state index in [1.807, 2.05) is 4.72 Å². The topological polar surface area (TPSA) is 46.2 Å². The van der Waals surface area contributed by atoms with Gasteiger partial charge in [-0.2, -0.15) is 0 Å². The fraction of sp³-hybridized carbons (Fsp3) is 0.143. The van der Waals surface area contributed by atoms with E-state index in [0.717, 1.165) is 13.1 Å². The molecule has 1 N–H and O–H groups in total. The highest BCUT2D eigenvalue weighted by molar-refractivity contribution is 9.10. The zero-order valence-electron chi connectivity index (χ0n) is 7.01. The van der Waals surface area contributed by atoms with E-state index in [1.165, 1.54) is 0 Å². The minimum Gasteiger partial charge on any atom is -0.214 e. The van der Waals surface area contributed by atoms with Gasteiger partial charge in [0.15, 0.2) is 0 Å². The molecular weight excluding hydrogens is 280 g/mol. The Bertz CT molecular complexity index is 438. The molecule has 0 radical (unpaired) electrons. The lowest BCUT2D eigenvalue weighted by molar-refractivity contribution is 0.543. The van der Waals surface area contributed by atoms with E-state index in [2.05, 4.69) is 15.9 Å². The second-order valence-electron chi connectivity index (χ2n) is 2.41. The van der Waals surface area contributed by atoms with Gasteiger partial charge in [0.2, 0.25) is 10.0 Å².